The highest BCUT2D eigenvalue weighted by molar-refractivity contribution is 6.47. The molecule has 0 aromatic heterocycles. The fourth-order valence-corrected chi connectivity index (χ4v) is 3.12. The van der Waals surface area contributed by atoms with E-state index in [0.29, 0.717) is 21.7 Å². The Kier molecular flexibility index (Phi) is 6.25. The van der Waals surface area contributed by atoms with Gasteiger partial charge in [-0.1, -0.05) is 23.7 Å². The van der Waals surface area contributed by atoms with Crippen molar-refractivity contribution in [3.8, 4) is 0 Å². The molecule has 0 saturated heterocycles. The van der Waals surface area contributed by atoms with Crippen LogP contribution in [0.15, 0.2) is 47.6 Å². The van der Waals surface area contributed by atoms with Gasteiger partial charge in [0.05, 0.1) is 21.6 Å². The summed E-state index contributed by atoms with van der Waals surface area (Å²) >= 11 is 5.79. The Labute approximate surface area is 184 Å². The number of nitrogens with zero attached hydrogens (tertiary/aromatic N) is 4. The van der Waals surface area contributed by atoms with E-state index in [1.165, 1.54) is 6.92 Å². The fourth-order valence-electron chi connectivity index (χ4n) is 2.99. The average Bonchev–Trinajstić information content (AvgIpc) is 3.05. The number of rotatable bonds is 7. The van der Waals surface area contributed by atoms with Crippen molar-refractivity contribution in [3.05, 3.63) is 73.3 Å². The second-order valence-electron chi connectivity index (χ2n) is 6.69. The molecule has 0 saturated carbocycles. The van der Waals surface area contributed by atoms with E-state index in [1.54, 1.807) is 24.3 Å². The van der Waals surface area contributed by atoms with Crippen molar-refractivity contribution in [2.24, 2.45) is 11.0 Å². The number of hydrogen-bond acceptors (Lipinski definition) is 8. The van der Waals surface area contributed by atoms with Crippen molar-refractivity contribution in [2.45, 2.75) is 13.5 Å². The summed E-state index contributed by atoms with van der Waals surface area (Å²) in [5, 5.41) is 29.6. The van der Waals surface area contributed by atoms with Crippen LogP contribution < -0.4 is 10.3 Å². The SMILES string of the molecule is CC1=NN(c2ccc([N+](=O)[O-])cc2[N+](=O)[O-])C(=O)[C@@H]1C(=O)C(=O)NCc1ccc(Cl)cc1. The van der Waals surface area contributed by atoms with E-state index in [4.69, 9.17) is 11.6 Å². The standard InChI is InChI=1S/C19H14ClN5O7/c1-10-16(17(26)18(27)21-9-11-2-4-12(20)5-3-11)19(28)23(22-10)14-7-6-13(24(29)30)8-15(14)25(31)32/h2-8,16H,9H2,1H3,(H,21,27)/t16-/m0/s1. The monoisotopic (exact) mass is 459 g/mol. The fraction of sp³-hybridized carbons (Fsp3) is 0.158. The number of hydrogen-bond donors (Lipinski definition) is 1. The van der Waals surface area contributed by atoms with Gasteiger partial charge >= 0.3 is 5.69 Å². The predicted octanol–water partition coefficient (Wildman–Crippen LogP) is 2.38. The molecule has 32 heavy (non-hydrogen) atoms. The van der Waals surface area contributed by atoms with E-state index in [1.807, 2.05) is 0 Å². The number of nitro benzene ring substituents is 2. The summed E-state index contributed by atoms with van der Waals surface area (Å²) in [5.41, 5.74) is -1.04. The first-order chi connectivity index (χ1) is 15.1. The smallest absolute Gasteiger partial charge is 0.301 e. The van der Waals surface area contributed by atoms with Gasteiger partial charge in [-0.05, 0) is 30.7 Å². The molecule has 1 atom stereocenters. The molecule has 1 aliphatic heterocycles. The van der Waals surface area contributed by atoms with Gasteiger partial charge in [0, 0.05) is 17.6 Å². The highest BCUT2D eigenvalue weighted by atomic mass is 35.5. The van der Waals surface area contributed by atoms with Gasteiger partial charge in [-0.25, -0.2) is 0 Å². The zero-order chi connectivity index (χ0) is 23.6. The van der Waals surface area contributed by atoms with Crippen LogP contribution in [0.4, 0.5) is 17.1 Å². The zero-order valence-corrected chi connectivity index (χ0v) is 17.1. The molecule has 3 rings (SSSR count). The molecule has 0 aliphatic carbocycles. The Balaban J connectivity index is 1.79. The topological polar surface area (TPSA) is 165 Å². The van der Waals surface area contributed by atoms with Crippen LogP contribution in [0.1, 0.15) is 12.5 Å². The summed E-state index contributed by atoms with van der Waals surface area (Å²) in [4.78, 5) is 58.2. The lowest BCUT2D eigenvalue weighted by Gasteiger charge is -2.14. The van der Waals surface area contributed by atoms with E-state index in [9.17, 15) is 34.6 Å². The van der Waals surface area contributed by atoms with Gasteiger partial charge in [0.2, 0.25) is 5.78 Å². The van der Waals surface area contributed by atoms with Crippen LogP contribution >= 0.6 is 11.6 Å². The number of ketones is 1. The van der Waals surface area contributed by atoms with Crippen LogP contribution in [0.5, 0.6) is 0 Å². The molecular weight excluding hydrogens is 446 g/mol. The molecule has 0 unspecified atom stereocenters. The highest BCUT2D eigenvalue weighted by Crippen LogP contribution is 2.35. The molecule has 2 aromatic carbocycles. The van der Waals surface area contributed by atoms with Crippen molar-refractivity contribution in [2.75, 3.05) is 5.01 Å². The van der Waals surface area contributed by atoms with Crippen LogP contribution in [-0.4, -0.2) is 33.2 Å². The van der Waals surface area contributed by atoms with Crippen molar-refractivity contribution >= 4 is 52.0 Å². The number of carbonyl (C=O) groups is 3. The third-order valence-electron chi connectivity index (χ3n) is 4.58. The van der Waals surface area contributed by atoms with Crippen LogP contribution in [0.3, 0.4) is 0 Å². The summed E-state index contributed by atoms with van der Waals surface area (Å²) in [7, 11) is 0. The van der Waals surface area contributed by atoms with E-state index >= 15 is 0 Å². The molecule has 0 radical (unpaired) electrons. The first-order valence-corrected chi connectivity index (χ1v) is 9.36. The molecule has 0 fully saturated rings. The van der Waals surface area contributed by atoms with Crippen molar-refractivity contribution in [3.63, 3.8) is 0 Å². The Hall–Kier alpha value is -4.19. The summed E-state index contributed by atoms with van der Waals surface area (Å²) in [6.07, 6.45) is 0. The molecule has 1 N–H and O–H groups in total. The molecule has 0 bridgehead atoms. The van der Waals surface area contributed by atoms with E-state index < -0.39 is 44.7 Å². The quantitative estimate of drug-likeness (QED) is 0.287. The lowest BCUT2D eigenvalue weighted by Crippen LogP contribution is -2.41. The highest BCUT2D eigenvalue weighted by Gasteiger charge is 2.44. The number of Topliss-reactive ketones (excluding diaryl/α,β-unsaturated/α-hetero) is 1. The van der Waals surface area contributed by atoms with Gasteiger partial charge in [-0.15, -0.1) is 0 Å². The molecule has 1 heterocycles. The maximum absolute atomic E-state index is 12.8. The first-order valence-electron chi connectivity index (χ1n) is 8.98. The molecule has 2 amide bonds. The maximum atomic E-state index is 12.8. The van der Waals surface area contributed by atoms with E-state index in [2.05, 4.69) is 10.4 Å². The number of hydrazone groups is 1. The Morgan fingerprint density at radius 1 is 1.12 bits per heavy atom. The minimum Gasteiger partial charge on any atom is -0.345 e. The van der Waals surface area contributed by atoms with Gasteiger partial charge in [0.1, 0.15) is 11.6 Å². The minimum absolute atomic E-state index is 0.0103. The van der Waals surface area contributed by atoms with E-state index in [-0.39, 0.29) is 17.9 Å². The Morgan fingerprint density at radius 3 is 2.38 bits per heavy atom. The molecule has 13 heteroatoms. The van der Waals surface area contributed by atoms with E-state index in [0.717, 1.165) is 12.1 Å². The minimum atomic E-state index is -1.57. The summed E-state index contributed by atoms with van der Waals surface area (Å²) < 4.78 is 0. The van der Waals surface area contributed by atoms with Gasteiger partial charge in [0.25, 0.3) is 17.5 Å². The van der Waals surface area contributed by atoms with Crippen LogP contribution in [0.25, 0.3) is 0 Å². The van der Waals surface area contributed by atoms with Gasteiger partial charge in [-0.2, -0.15) is 10.1 Å². The normalized spacial score (nSPS) is 15.3. The third-order valence-corrected chi connectivity index (χ3v) is 4.83. The van der Waals surface area contributed by atoms with Gasteiger partial charge in [0.15, 0.2) is 0 Å². The van der Waals surface area contributed by atoms with Gasteiger partial charge < -0.3 is 5.32 Å². The first kappa shape index (κ1) is 22.5. The lowest BCUT2D eigenvalue weighted by molar-refractivity contribution is -0.393. The molecule has 12 nitrogen and oxygen atoms in total. The van der Waals surface area contributed by atoms with Crippen molar-refractivity contribution < 1.29 is 24.2 Å². The summed E-state index contributed by atoms with van der Waals surface area (Å²) in [6, 6.07) is 9.15. The summed E-state index contributed by atoms with van der Waals surface area (Å²) in [6.45, 7) is 1.33. The molecule has 1 aliphatic rings. The largest absolute Gasteiger partial charge is 0.345 e. The Morgan fingerprint density at radius 2 is 1.78 bits per heavy atom. The predicted molar refractivity (Wildman–Crippen MR) is 112 cm³/mol. The number of amides is 2. The van der Waals surface area contributed by atoms with Gasteiger partial charge in [-0.3, -0.25) is 34.6 Å². The second kappa shape index (κ2) is 8.89. The van der Waals surface area contributed by atoms with Crippen LogP contribution in [0, 0.1) is 26.1 Å². The number of halogens is 1. The molecule has 2 aromatic rings. The maximum Gasteiger partial charge on any atom is 0.301 e. The number of carbonyl (C=O) groups excluding carboxylic acids is 3. The lowest BCUT2D eigenvalue weighted by atomic mass is 9.98. The molecular formula is C19H14ClN5O7. The molecule has 0 spiro atoms. The zero-order valence-electron chi connectivity index (χ0n) is 16.4. The number of anilines is 1. The van der Waals surface area contributed by atoms with Crippen molar-refractivity contribution in [1.29, 1.82) is 0 Å². The van der Waals surface area contributed by atoms with Crippen LogP contribution in [-0.2, 0) is 20.9 Å². The Bertz CT molecular complexity index is 1180. The number of nitrogens with one attached hydrogen (secondary N) is 1. The van der Waals surface area contributed by atoms with Crippen LogP contribution in [0.2, 0.25) is 5.02 Å². The third kappa shape index (κ3) is 4.44. The average molecular weight is 460 g/mol. The number of nitro groups is 2. The molecule has 164 valence electrons. The number of benzene rings is 2. The number of non-ortho nitro benzene ring substituents is 1. The summed E-state index contributed by atoms with van der Waals surface area (Å²) in [5.74, 6) is -4.67. The van der Waals surface area contributed by atoms with Crippen molar-refractivity contribution in [1.82, 2.24) is 5.32 Å². The second-order valence-corrected chi connectivity index (χ2v) is 7.12.